The number of aromatic nitrogens is 1. The van der Waals surface area contributed by atoms with Gasteiger partial charge in [0.05, 0.1) is 53.6 Å². The van der Waals surface area contributed by atoms with E-state index in [2.05, 4.69) is 43.3 Å². The van der Waals surface area contributed by atoms with E-state index in [4.69, 9.17) is 14.5 Å². The molecule has 0 amide bonds. The minimum atomic E-state index is -0.788. The van der Waals surface area contributed by atoms with Crippen LogP contribution in [0, 0.1) is 13.8 Å². The fourth-order valence-corrected chi connectivity index (χ4v) is 5.09. The zero-order chi connectivity index (χ0) is 26.5. The van der Waals surface area contributed by atoms with Gasteiger partial charge in [0, 0.05) is 31.5 Å². The van der Waals surface area contributed by atoms with Crippen LogP contribution < -0.4 is 20.5 Å². The quantitative estimate of drug-likeness (QED) is 0.335. The number of rotatable bonds is 8. The van der Waals surface area contributed by atoms with E-state index in [1.165, 1.54) is 0 Å². The number of benzene rings is 2. The van der Waals surface area contributed by atoms with E-state index in [1.807, 2.05) is 32.9 Å². The maximum atomic E-state index is 12.9. The van der Waals surface area contributed by atoms with E-state index < -0.39 is 6.10 Å². The third kappa shape index (κ3) is 6.23. The van der Waals surface area contributed by atoms with Gasteiger partial charge >= 0.3 is 0 Å². The van der Waals surface area contributed by atoms with Crippen molar-refractivity contribution in [2.75, 3.05) is 50.2 Å². The maximum Gasteiger partial charge on any atom is 0.259 e. The van der Waals surface area contributed by atoms with Crippen LogP contribution in [-0.4, -0.2) is 55.8 Å². The number of nitrogens with one attached hydrogen (secondary N) is 2. The van der Waals surface area contributed by atoms with Crippen LogP contribution in [0.4, 0.5) is 17.1 Å². The molecule has 2 heterocycles. The average molecular weight is 570 g/mol. The minimum absolute atomic E-state index is 0.217. The van der Waals surface area contributed by atoms with Crippen LogP contribution >= 0.6 is 15.9 Å². The van der Waals surface area contributed by atoms with E-state index in [0.29, 0.717) is 22.7 Å². The highest BCUT2D eigenvalue weighted by molar-refractivity contribution is 9.10. The van der Waals surface area contributed by atoms with Crippen molar-refractivity contribution in [1.82, 2.24) is 4.98 Å². The van der Waals surface area contributed by atoms with E-state index in [-0.39, 0.29) is 12.1 Å². The zero-order valence-corrected chi connectivity index (χ0v) is 23.2. The molecule has 1 aliphatic rings. The molecule has 1 unspecified atom stereocenters. The SMILES string of the molecule is COc1ccc(C(O)CNc2cc[nH]c(=O)c2C(C)=Nc2c(C)cc(N3CCOCC3)cc2C)cc1Br. The highest BCUT2D eigenvalue weighted by atomic mass is 79.9. The van der Waals surface area contributed by atoms with Crippen LogP contribution in [0.1, 0.15) is 35.3 Å². The van der Waals surface area contributed by atoms with Crippen LogP contribution in [0.25, 0.3) is 0 Å². The van der Waals surface area contributed by atoms with Gasteiger partial charge in [-0.2, -0.15) is 0 Å². The highest BCUT2D eigenvalue weighted by Crippen LogP contribution is 2.31. The molecule has 0 radical (unpaired) electrons. The van der Waals surface area contributed by atoms with Crippen molar-refractivity contribution in [3.05, 3.63) is 79.7 Å². The predicted octanol–water partition coefficient (Wildman–Crippen LogP) is 4.89. The fourth-order valence-electron chi connectivity index (χ4n) is 4.54. The summed E-state index contributed by atoms with van der Waals surface area (Å²) in [4.78, 5) is 22.8. The molecule has 3 N–H and O–H groups in total. The maximum absolute atomic E-state index is 12.9. The number of aliphatic hydroxyl groups excluding tert-OH is 1. The standard InChI is InChI=1S/C28H33BrN4O4/c1-17-13-21(33-9-11-37-12-10-33)14-18(2)27(17)32-19(3)26-23(7-8-30-28(26)35)31-16-24(34)20-5-6-25(36-4)22(29)15-20/h5-8,13-15,24,34H,9-12,16H2,1-4H3,(H2,30,31,35). The zero-order valence-electron chi connectivity index (χ0n) is 21.6. The molecule has 3 aromatic rings. The van der Waals surface area contributed by atoms with Gasteiger partial charge in [0.15, 0.2) is 0 Å². The van der Waals surface area contributed by atoms with Gasteiger partial charge < -0.3 is 29.8 Å². The summed E-state index contributed by atoms with van der Waals surface area (Å²) in [6.45, 7) is 9.34. The number of aliphatic imine (C=N–C) groups is 1. The van der Waals surface area contributed by atoms with Gasteiger partial charge in [0.1, 0.15) is 5.75 Å². The molecule has 1 fully saturated rings. The molecule has 196 valence electrons. The lowest BCUT2D eigenvalue weighted by Gasteiger charge is -2.29. The van der Waals surface area contributed by atoms with Gasteiger partial charge in [-0.15, -0.1) is 0 Å². The Morgan fingerprint density at radius 1 is 1.22 bits per heavy atom. The summed E-state index contributed by atoms with van der Waals surface area (Å²) in [6.07, 6.45) is 0.801. The lowest BCUT2D eigenvalue weighted by molar-refractivity contribution is 0.122. The first kappa shape index (κ1) is 26.9. The number of morpholine rings is 1. The second-order valence-electron chi connectivity index (χ2n) is 9.11. The van der Waals surface area contributed by atoms with E-state index in [0.717, 1.165) is 58.8 Å². The lowest BCUT2D eigenvalue weighted by Crippen LogP contribution is -2.36. The Balaban J connectivity index is 1.57. The van der Waals surface area contributed by atoms with Crippen LogP contribution in [0.2, 0.25) is 0 Å². The Bertz CT molecular complexity index is 1330. The third-order valence-corrected chi connectivity index (χ3v) is 7.12. The number of aliphatic hydroxyl groups is 1. The first-order valence-electron chi connectivity index (χ1n) is 12.2. The van der Waals surface area contributed by atoms with Crippen molar-refractivity contribution >= 4 is 38.7 Å². The molecule has 0 aliphatic carbocycles. The lowest BCUT2D eigenvalue weighted by atomic mass is 10.1. The fraction of sp³-hybridized carbons (Fsp3) is 0.357. The molecule has 2 aromatic carbocycles. The first-order chi connectivity index (χ1) is 17.8. The monoisotopic (exact) mass is 568 g/mol. The molecule has 9 heteroatoms. The van der Waals surface area contributed by atoms with Gasteiger partial charge in [-0.3, -0.25) is 9.79 Å². The van der Waals surface area contributed by atoms with E-state index in [1.54, 1.807) is 25.4 Å². The second kappa shape index (κ2) is 11.9. The molecule has 37 heavy (non-hydrogen) atoms. The predicted molar refractivity (Wildman–Crippen MR) is 152 cm³/mol. The van der Waals surface area contributed by atoms with Gasteiger partial charge in [-0.05, 0) is 83.7 Å². The summed E-state index contributed by atoms with van der Waals surface area (Å²) in [5, 5.41) is 14.0. The number of anilines is 2. The molecule has 1 aromatic heterocycles. The number of hydrogen-bond donors (Lipinski definition) is 3. The Hall–Kier alpha value is -3.14. The van der Waals surface area contributed by atoms with Crippen molar-refractivity contribution < 1.29 is 14.6 Å². The van der Waals surface area contributed by atoms with Gasteiger partial charge in [-0.25, -0.2) is 0 Å². The molecule has 1 saturated heterocycles. The summed E-state index contributed by atoms with van der Waals surface area (Å²) >= 11 is 3.46. The number of pyridine rings is 1. The number of ether oxygens (including phenoxy) is 2. The van der Waals surface area contributed by atoms with Gasteiger partial charge in [0.25, 0.3) is 5.56 Å². The Morgan fingerprint density at radius 3 is 2.57 bits per heavy atom. The number of H-pyrrole nitrogens is 1. The number of halogens is 1. The van der Waals surface area contributed by atoms with Crippen molar-refractivity contribution in [3.8, 4) is 5.75 Å². The smallest absolute Gasteiger partial charge is 0.259 e. The number of aromatic amines is 1. The first-order valence-corrected chi connectivity index (χ1v) is 13.0. The summed E-state index contributed by atoms with van der Waals surface area (Å²) in [7, 11) is 1.59. The van der Waals surface area contributed by atoms with Crippen molar-refractivity contribution in [1.29, 1.82) is 0 Å². The minimum Gasteiger partial charge on any atom is -0.496 e. The van der Waals surface area contributed by atoms with Crippen LogP contribution in [0.5, 0.6) is 5.75 Å². The van der Waals surface area contributed by atoms with Gasteiger partial charge in [-0.1, -0.05) is 6.07 Å². The van der Waals surface area contributed by atoms with Crippen LogP contribution in [0.15, 0.2) is 56.9 Å². The highest BCUT2D eigenvalue weighted by Gasteiger charge is 2.17. The topological polar surface area (TPSA) is 99.2 Å². The van der Waals surface area contributed by atoms with Crippen molar-refractivity contribution in [2.24, 2.45) is 4.99 Å². The van der Waals surface area contributed by atoms with E-state index in [9.17, 15) is 9.90 Å². The third-order valence-electron chi connectivity index (χ3n) is 6.50. The number of nitrogens with zero attached hydrogens (tertiary/aromatic N) is 2. The molecule has 1 atom stereocenters. The normalized spacial score (nSPS) is 15.0. The summed E-state index contributed by atoms with van der Waals surface area (Å²) in [5.41, 5.74) is 6.24. The molecule has 4 rings (SSSR count). The largest absolute Gasteiger partial charge is 0.496 e. The summed E-state index contributed by atoms with van der Waals surface area (Å²) in [5.74, 6) is 0.691. The van der Waals surface area contributed by atoms with Gasteiger partial charge in [0.2, 0.25) is 0 Å². The van der Waals surface area contributed by atoms with E-state index >= 15 is 0 Å². The molecular formula is C28H33BrN4O4. The number of methoxy groups -OCH3 is 1. The number of hydrogen-bond acceptors (Lipinski definition) is 7. The van der Waals surface area contributed by atoms with Crippen LogP contribution in [-0.2, 0) is 4.74 Å². The van der Waals surface area contributed by atoms with Crippen LogP contribution in [0.3, 0.4) is 0 Å². The molecule has 1 aliphatic heterocycles. The summed E-state index contributed by atoms with van der Waals surface area (Å²) in [6, 6.07) is 11.5. The molecule has 8 nitrogen and oxygen atoms in total. The Labute approximate surface area is 225 Å². The molecular weight excluding hydrogens is 536 g/mol. The summed E-state index contributed by atoms with van der Waals surface area (Å²) < 4.78 is 11.5. The molecule has 0 saturated carbocycles. The number of aryl methyl sites for hydroxylation is 2. The van der Waals surface area contributed by atoms with Crippen molar-refractivity contribution in [2.45, 2.75) is 26.9 Å². The Morgan fingerprint density at radius 2 is 1.92 bits per heavy atom. The molecule has 0 spiro atoms. The Kier molecular flexibility index (Phi) is 8.68. The average Bonchev–Trinajstić information content (AvgIpc) is 2.89. The second-order valence-corrected chi connectivity index (χ2v) is 9.97. The molecule has 0 bridgehead atoms. The van der Waals surface area contributed by atoms with Crippen molar-refractivity contribution in [3.63, 3.8) is 0 Å².